The van der Waals surface area contributed by atoms with E-state index in [2.05, 4.69) is 20.8 Å². The molecule has 0 N–H and O–H groups in total. The third kappa shape index (κ3) is 5.54. The Hall–Kier alpha value is -1.92. The van der Waals surface area contributed by atoms with Crippen LogP contribution >= 0.6 is 0 Å². The number of benzene rings is 1. The third-order valence-corrected chi connectivity index (χ3v) is 4.57. The van der Waals surface area contributed by atoms with Gasteiger partial charge in [-0.3, -0.25) is 9.59 Å². The van der Waals surface area contributed by atoms with E-state index in [0.29, 0.717) is 45.0 Å². The molecule has 6 nitrogen and oxygen atoms in total. The Kier molecular flexibility index (Phi) is 7.17. The SMILES string of the molecule is COCCOCC(=O)N1CCN(C(=O)c2ccc(C(C)(C)C)cc2)CC1. The molecule has 26 heavy (non-hydrogen) atoms. The fourth-order valence-corrected chi connectivity index (χ4v) is 2.85. The summed E-state index contributed by atoms with van der Waals surface area (Å²) in [6, 6.07) is 7.82. The number of methoxy groups -OCH3 is 1. The number of carbonyl (C=O) groups is 2. The van der Waals surface area contributed by atoms with Crippen molar-refractivity contribution in [3.63, 3.8) is 0 Å². The molecule has 0 spiro atoms. The molecule has 2 rings (SSSR count). The van der Waals surface area contributed by atoms with E-state index in [9.17, 15) is 9.59 Å². The fraction of sp³-hybridized carbons (Fsp3) is 0.600. The van der Waals surface area contributed by atoms with Gasteiger partial charge in [-0.1, -0.05) is 32.9 Å². The molecule has 0 atom stereocenters. The van der Waals surface area contributed by atoms with Gasteiger partial charge in [0.2, 0.25) is 5.91 Å². The molecule has 1 fully saturated rings. The molecule has 0 unspecified atom stereocenters. The number of nitrogens with zero attached hydrogens (tertiary/aromatic N) is 2. The van der Waals surface area contributed by atoms with Crippen LogP contribution in [0.5, 0.6) is 0 Å². The number of ether oxygens (including phenoxy) is 2. The summed E-state index contributed by atoms with van der Waals surface area (Å²) >= 11 is 0. The molecule has 1 aromatic carbocycles. The van der Waals surface area contributed by atoms with Crippen LogP contribution in [0.4, 0.5) is 0 Å². The number of hydrogen-bond donors (Lipinski definition) is 0. The van der Waals surface area contributed by atoms with Crippen molar-refractivity contribution in [3.8, 4) is 0 Å². The Morgan fingerprint density at radius 3 is 2.08 bits per heavy atom. The van der Waals surface area contributed by atoms with Crippen molar-refractivity contribution in [3.05, 3.63) is 35.4 Å². The van der Waals surface area contributed by atoms with Gasteiger partial charge in [-0.25, -0.2) is 0 Å². The highest BCUT2D eigenvalue weighted by Crippen LogP contribution is 2.22. The van der Waals surface area contributed by atoms with Crippen LogP contribution in [0.25, 0.3) is 0 Å². The zero-order valence-electron chi connectivity index (χ0n) is 16.3. The van der Waals surface area contributed by atoms with Crippen LogP contribution in [0.15, 0.2) is 24.3 Å². The largest absolute Gasteiger partial charge is 0.382 e. The van der Waals surface area contributed by atoms with Gasteiger partial charge in [0, 0.05) is 38.9 Å². The lowest BCUT2D eigenvalue weighted by Crippen LogP contribution is -2.51. The van der Waals surface area contributed by atoms with Gasteiger partial charge in [0.05, 0.1) is 13.2 Å². The van der Waals surface area contributed by atoms with E-state index in [4.69, 9.17) is 9.47 Å². The van der Waals surface area contributed by atoms with Crippen molar-refractivity contribution in [2.75, 3.05) is 53.1 Å². The summed E-state index contributed by atoms with van der Waals surface area (Å²) in [6.45, 7) is 9.57. The van der Waals surface area contributed by atoms with Crippen molar-refractivity contribution in [1.82, 2.24) is 9.80 Å². The first-order valence-electron chi connectivity index (χ1n) is 9.07. The van der Waals surface area contributed by atoms with Gasteiger partial charge in [0.15, 0.2) is 0 Å². The smallest absolute Gasteiger partial charge is 0.253 e. The van der Waals surface area contributed by atoms with E-state index >= 15 is 0 Å². The van der Waals surface area contributed by atoms with Crippen LogP contribution in [0.3, 0.4) is 0 Å². The van der Waals surface area contributed by atoms with Crippen LogP contribution in [0.1, 0.15) is 36.7 Å². The van der Waals surface area contributed by atoms with E-state index in [1.807, 2.05) is 29.2 Å². The van der Waals surface area contributed by atoms with Gasteiger partial charge in [0.1, 0.15) is 6.61 Å². The molecule has 0 radical (unpaired) electrons. The van der Waals surface area contributed by atoms with E-state index in [0.717, 1.165) is 0 Å². The van der Waals surface area contributed by atoms with Crippen LogP contribution in [-0.4, -0.2) is 74.7 Å². The second-order valence-corrected chi connectivity index (χ2v) is 7.55. The molecule has 1 aromatic rings. The van der Waals surface area contributed by atoms with Gasteiger partial charge in [0.25, 0.3) is 5.91 Å². The predicted octanol–water partition coefficient (Wildman–Crippen LogP) is 1.93. The average molecular weight is 362 g/mol. The molecule has 2 amide bonds. The highest BCUT2D eigenvalue weighted by Gasteiger charge is 2.25. The van der Waals surface area contributed by atoms with Crippen LogP contribution in [0, 0.1) is 0 Å². The second kappa shape index (κ2) is 9.14. The Morgan fingerprint density at radius 1 is 0.962 bits per heavy atom. The van der Waals surface area contributed by atoms with Crippen molar-refractivity contribution < 1.29 is 19.1 Å². The average Bonchev–Trinajstić information content (AvgIpc) is 2.64. The zero-order valence-corrected chi connectivity index (χ0v) is 16.3. The lowest BCUT2D eigenvalue weighted by molar-refractivity contribution is -0.138. The molecule has 1 saturated heterocycles. The topological polar surface area (TPSA) is 59.1 Å². The normalized spacial score (nSPS) is 15.2. The van der Waals surface area contributed by atoms with Crippen LogP contribution in [0.2, 0.25) is 0 Å². The Bertz CT molecular complexity index is 599. The maximum absolute atomic E-state index is 12.7. The van der Waals surface area contributed by atoms with Gasteiger partial charge >= 0.3 is 0 Å². The number of amides is 2. The van der Waals surface area contributed by atoms with Gasteiger partial charge < -0.3 is 19.3 Å². The summed E-state index contributed by atoms with van der Waals surface area (Å²) in [5, 5.41) is 0. The third-order valence-electron chi connectivity index (χ3n) is 4.57. The summed E-state index contributed by atoms with van der Waals surface area (Å²) in [4.78, 5) is 28.3. The van der Waals surface area contributed by atoms with Crippen molar-refractivity contribution in [1.29, 1.82) is 0 Å². The first-order chi connectivity index (χ1) is 12.3. The molecule has 1 aliphatic heterocycles. The Balaban J connectivity index is 1.83. The molecule has 0 aliphatic carbocycles. The molecule has 0 saturated carbocycles. The van der Waals surface area contributed by atoms with E-state index in [1.165, 1.54) is 5.56 Å². The quantitative estimate of drug-likeness (QED) is 0.726. The van der Waals surface area contributed by atoms with Gasteiger partial charge in [-0.2, -0.15) is 0 Å². The summed E-state index contributed by atoms with van der Waals surface area (Å²) in [6.07, 6.45) is 0. The standard InChI is InChI=1S/C20H30N2O4/c1-20(2,3)17-7-5-16(6-8-17)19(24)22-11-9-21(10-12-22)18(23)15-26-14-13-25-4/h5-8H,9-15H2,1-4H3. The van der Waals surface area contributed by atoms with Crippen LogP contribution < -0.4 is 0 Å². The second-order valence-electron chi connectivity index (χ2n) is 7.55. The minimum Gasteiger partial charge on any atom is -0.382 e. The first kappa shape index (κ1) is 20.4. The first-order valence-corrected chi connectivity index (χ1v) is 9.07. The van der Waals surface area contributed by atoms with E-state index < -0.39 is 0 Å². The molecule has 0 bridgehead atoms. The maximum Gasteiger partial charge on any atom is 0.253 e. The maximum atomic E-state index is 12.7. The van der Waals surface area contributed by atoms with Crippen molar-refractivity contribution in [2.45, 2.75) is 26.2 Å². The fourth-order valence-electron chi connectivity index (χ4n) is 2.85. The number of rotatable bonds is 6. The monoisotopic (exact) mass is 362 g/mol. The predicted molar refractivity (Wildman–Crippen MR) is 100 cm³/mol. The summed E-state index contributed by atoms with van der Waals surface area (Å²) in [5.41, 5.74) is 1.97. The minimum atomic E-state index is -0.0391. The zero-order chi connectivity index (χ0) is 19.2. The highest BCUT2D eigenvalue weighted by atomic mass is 16.5. The van der Waals surface area contributed by atoms with E-state index in [-0.39, 0.29) is 23.8 Å². The molecule has 1 heterocycles. The lowest BCUT2D eigenvalue weighted by Gasteiger charge is -2.34. The molecule has 1 aliphatic rings. The Labute approximate surface area is 156 Å². The molecule has 6 heteroatoms. The molecule has 0 aromatic heterocycles. The molecule has 144 valence electrons. The number of piperazine rings is 1. The highest BCUT2D eigenvalue weighted by molar-refractivity contribution is 5.94. The summed E-state index contributed by atoms with van der Waals surface area (Å²) in [5.74, 6) is -0.0170. The van der Waals surface area contributed by atoms with E-state index in [1.54, 1.807) is 12.0 Å². The Morgan fingerprint density at radius 2 is 1.54 bits per heavy atom. The minimum absolute atomic E-state index is 0.0221. The molecular weight excluding hydrogens is 332 g/mol. The van der Waals surface area contributed by atoms with Gasteiger partial charge in [-0.15, -0.1) is 0 Å². The lowest BCUT2D eigenvalue weighted by atomic mass is 9.86. The van der Waals surface area contributed by atoms with Crippen LogP contribution in [-0.2, 0) is 19.7 Å². The van der Waals surface area contributed by atoms with Crippen molar-refractivity contribution in [2.24, 2.45) is 0 Å². The summed E-state index contributed by atoms with van der Waals surface area (Å²) < 4.78 is 10.2. The number of hydrogen-bond acceptors (Lipinski definition) is 4. The molecular formula is C20H30N2O4. The van der Waals surface area contributed by atoms with Crippen molar-refractivity contribution >= 4 is 11.8 Å². The number of carbonyl (C=O) groups excluding carboxylic acids is 2. The summed E-state index contributed by atoms with van der Waals surface area (Å²) in [7, 11) is 1.60. The van der Waals surface area contributed by atoms with Gasteiger partial charge in [-0.05, 0) is 23.1 Å².